The van der Waals surface area contributed by atoms with Crippen LogP contribution in [0.25, 0.3) is 0 Å². The molecule has 1 saturated carbocycles. The Hall–Kier alpha value is -1.62. The standard InChI is InChI=1S/C17H22O5/c1-8-5-13(21-10(3)18)15(19)17(4)7-14-11(6-12(8)17)9(2)16(20)22-14/h6,8,11,13-15,19H,2,5,7H2,1,3-4H3/t8-,11+,13-,14+,15+,17+/m0/s1. The van der Waals surface area contributed by atoms with E-state index in [0.29, 0.717) is 18.4 Å². The van der Waals surface area contributed by atoms with Crippen molar-refractivity contribution < 1.29 is 24.2 Å². The van der Waals surface area contributed by atoms with Crippen LogP contribution >= 0.6 is 0 Å². The lowest BCUT2D eigenvalue weighted by Crippen LogP contribution is -2.54. The third-order valence-corrected chi connectivity index (χ3v) is 5.41. The first kappa shape index (κ1) is 15.3. The molecule has 2 aliphatic carbocycles. The minimum Gasteiger partial charge on any atom is -0.460 e. The van der Waals surface area contributed by atoms with Crippen LogP contribution in [-0.2, 0) is 19.1 Å². The Kier molecular flexibility index (Phi) is 3.44. The zero-order valence-electron chi connectivity index (χ0n) is 13.2. The third-order valence-electron chi connectivity index (χ3n) is 5.41. The lowest BCUT2D eigenvalue weighted by molar-refractivity contribution is -0.165. The van der Waals surface area contributed by atoms with Gasteiger partial charge in [0, 0.05) is 23.8 Å². The van der Waals surface area contributed by atoms with Gasteiger partial charge in [-0.15, -0.1) is 0 Å². The van der Waals surface area contributed by atoms with Crippen LogP contribution in [0.5, 0.6) is 0 Å². The van der Waals surface area contributed by atoms with E-state index < -0.39 is 17.6 Å². The summed E-state index contributed by atoms with van der Waals surface area (Å²) in [7, 11) is 0. The maximum Gasteiger partial charge on any atom is 0.334 e. The molecule has 6 atom stereocenters. The van der Waals surface area contributed by atoms with E-state index in [0.717, 1.165) is 5.57 Å². The first-order valence-electron chi connectivity index (χ1n) is 7.71. The van der Waals surface area contributed by atoms with Crippen molar-refractivity contribution in [2.75, 3.05) is 0 Å². The quantitative estimate of drug-likeness (QED) is 0.454. The molecule has 3 rings (SSSR count). The van der Waals surface area contributed by atoms with Crippen molar-refractivity contribution in [3.8, 4) is 0 Å². The summed E-state index contributed by atoms with van der Waals surface area (Å²) in [5, 5.41) is 10.8. The highest BCUT2D eigenvalue weighted by atomic mass is 16.6. The first-order chi connectivity index (χ1) is 10.2. The molecular formula is C17H22O5. The molecule has 1 aliphatic heterocycles. The number of hydrogen-bond acceptors (Lipinski definition) is 5. The molecule has 5 heteroatoms. The average molecular weight is 306 g/mol. The van der Waals surface area contributed by atoms with Crippen LogP contribution < -0.4 is 0 Å². The molecule has 22 heavy (non-hydrogen) atoms. The minimum absolute atomic E-state index is 0.101. The second-order valence-electron chi connectivity index (χ2n) is 6.97. The highest BCUT2D eigenvalue weighted by molar-refractivity contribution is 5.91. The van der Waals surface area contributed by atoms with Crippen LogP contribution in [0.15, 0.2) is 23.8 Å². The summed E-state index contributed by atoms with van der Waals surface area (Å²) in [5.74, 6) is -0.674. The summed E-state index contributed by atoms with van der Waals surface area (Å²) in [6, 6.07) is 0. The Balaban J connectivity index is 1.96. The number of carbonyl (C=O) groups is 2. The van der Waals surface area contributed by atoms with Gasteiger partial charge in [-0.3, -0.25) is 4.79 Å². The number of aliphatic hydroxyl groups excluding tert-OH is 1. The second kappa shape index (κ2) is 4.95. The Labute approximate surface area is 130 Å². The molecule has 120 valence electrons. The van der Waals surface area contributed by atoms with Gasteiger partial charge in [0.2, 0.25) is 0 Å². The van der Waals surface area contributed by atoms with Crippen molar-refractivity contribution in [2.24, 2.45) is 17.3 Å². The van der Waals surface area contributed by atoms with Crippen molar-refractivity contribution in [1.29, 1.82) is 0 Å². The summed E-state index contributed by atoms with van der Waals surface area (Å²) >= 11 is 0. The van der Waals surface area contributed by atoms with E-state index in [1.165, 1.54) is 6.92 Å². The van der Waals surface area contributed by atoms with Crippen LogP contribution in [-0.4, -0.2) is 35.4 Å². The zero-order chi connectivity index (χ0) is 16.2. The van der Waals surface area contributed by atoms with Crippen LogP contribution in [0.4, 0.5) is 0 Å². The molecule has 0 aromatic heterocycles. The monoisotopic (exact) mass is 306 g/mol. The van der Waals surface area contributed by atoms with Gasteiger partial charge in [0.25, 0.3) is 0 Å². The van der Waals surface area contributed by atoms with E-state index in [1.54, 1.807) is 0 Å². The summed E-state index contributed by atoms with van der Waals surface area (Å²) in [6.07, 6.45) is 1.54. The average Bonchev–Trinajstić information content (AvgIpc) is 2.68. The topological polar surface area (TPSA) is 72.8 Å². The van der Waals surface area contributed by atoms with E-state index >= 15 is 0 Å². The lowest BCUT2D eigenvalue weighted by Gasteiger charge is -2.50. The second-order valence-corrected chi connectivity index (χ2v) is 6.97. The van der Waals surface area contributed by atoms with E-state index in [-0.39, 0.29) is 29.9 Å². The number of hydrogen-bond donors (Lipinski definition) is 1. The third kappa shape index (κ3) is 2.10. The molecule has 0 aromatic rings. The fourth-order valence-electron chi connectivity index (χ4n) is 4.30. The van der Waals surface area contributed by atoms with Crippen LogP contribution in [0.2, 0.25) is 0 Å². The highest BCUT2D eigenvalue weighted by Gasteiger charge is 2.55. The SMILES string of the molecule is C=C1C(=O)O[C@@H]2C[C@]3(C)C(=C[C@H]12)[C@@H](C)C[C@H](OC(C)=O)[C@H]3O. The molecule has 1 heterocycles. The number of rotatable bonds is 1. The first-order valence-corrected chi connectivity index (χ1v) is 7.71. The van der Waals surface area contributed by atoms with Gasteiger partial charge in [0.05, 0.1) is 0 Å². The molecule has 0 bridgehead atoms. The summed E-state index contributed by atoms with van der Waals surface area (Å²) < 4.78 is 10.7. The minimum atomic E-state index is -0.799. The maximum absolute atomic E-state index is 11.7. The van der Waals surface area contributed by atoms with E-state index in [4.69, 9.17) is 9.47 Å². The van der Waals surface area contributed by atoms with E-state index in [2.05, 4.69) is 13.5 Å². The van der Waals surface area contributed by atoms with Gasteiger partial charge < -0.3 is 14.6 Å². The van der Waals surface area contributed by atoms with Crippen molar-refractivity contribution >= 4 is 11.9 Å². The highest BCUT2D eigenvalue weighted by Crippen LogP contribution is 2.54. The summed E-state index contributed by atoms with van der Waals surface area (Å²) in [5.41, 5.74) is 1.05. The molecular weight excluding hydrogens is 284 g/mol. The fourth-order valence-corrected chi connectivity index (χ4v) is 4.30. The largest absolute Gasteiger partial charge is 0.460 e. The van der Waals surface area contributed by atoms with Crippen molar-refractivity contribution in [3.05, 3.63) is 23.8 Å². The Morgan fingerprint density at radius 1 is 1.55 bits per heavy atom. The Bertz CT molecular complexity index is 578. The molecule has 1 saturated heterocycles. The number of esters is 2. The molecule has 3 aliphatic rings. The molecule has 1 N–H and O–H groups in total. The van der Waals surface area contributed by atoms with Gasteiger partial charge in [-0.1, -0.05) is 32.1 Å². The number of fused-ring (bicyclic) bond motifs is 2. The van der Waals surface area contributed by atoms with Gasteiger partial charge in [0.15, 0.2) is 0 Å². The molecule has 0 spiro atoms. The van der Waals surface area contributed by atoms with Crippen molar-refractivity contribution in [1.82, 2.24) is 0 Å². The maximum atomic E-state index is 11.7. The predicted octanol–water partition coefficient (Wildman–Crippen LogP) is 1.75. The van der Waals surface area contributed by atoms with Gasteiger partial charge in [-0.2, -0.15) is 0 Å². The van der Waals surface area contributed by atoms with E-state index in [9.17, 15) is 14.7 Å². The van der Waals surface area contributed by atoms with Crippen molar-refractivity contribution in [2.45, 2.75) is 51.9 Å². The summed E-state index contributed by atoms with van der Waals surface area (Å²) in [6.45, 7) is 9.20. The molecule has 0 radical (unpaired) electrons. The van der Waals surface area contributed by atoms with Gasteiger partial charge in [0.1, 0.15) is 18.3 Å². The van der Waals surface area contributed by atoms with Crippen LogP contribution in [0.1, 0.15) is 33.6 Å². The number of ether oxygens (including phenoxy) is 2. The molecule has 0 amide bonds. The number of carbonyl (C=O) groups excluding carboxylic acids is 2. The van der Waals surface area contributed by atoms with Crippen LogP contribution in [0.3, 0.4) is 0 Å². The smallest absolute Gasteiger partial charge is 0.334 e. The van der Waals surface area contributed by atoms with Crippen molar-refractivity contribution in [3.63, 3.8) is 0 Å². The Morgan fingerprint density at radius 2 is 2.23 bits per heavy atom. The molecule has 2 fully saturated rings. The van der Waals surface area contributed by atoms with Gasteiger partial charge >= 0.3 is 11.9 Å². The lowest BCUT2D eigenvalue weighted by atomic mass is 9.58. The van der Waals surface area contributed by atoms with Crippen LogP contribution in [0, 0.1) is 17.3 Å². The van der Waals surface area contributed by atoms with E-state index in [1.807, 2.05) is 13.0 Å². The zero-order valence-corrected chi connectivity index (χ0v) is 13.2. The van der Waals surface area contributed by atoms with Gasteiger partial charge in [-0.05, 0) is 18.8 Å². The predicted molar refractivity (Wildman–Crippen MR) is 78.7 cm³/mol. The normalized spacial score (nSPS) is 43.8. The van der Waals surface area contributed by atoms with Gasteiger partial charge in [-0.25, -0.2) is 4.79 Å². The molecule has 5 nitrogen and oxygen atoms in total. The number of aliphatic hydroxyl groups is 1. The fraction of sp³-hybridized carbons (Fsp3) is 0.647. The molecule has 0 unspecified atom stereocenters. The summed E-state index contributed by atoms with van der Waals surface area (Å²) in [4.78, 5) is 23.0. The molecule has 0 aromatic carbocycles. The Morgan fingerprint density at radius 3 is 2.86 bits per heavy atom.